The van der Waals surface area contributed by atoms with Crippen LogP contribution in [0.2, 0.25) is 0 Å². The van der Waals surface area contributed by atoms with E-state index in [1.54, 1.807) is 6.07 Å². The number of hydrogen-bond acceptors (Lipinski definition) is 1. The van der Waals surface area contributed by atoms with Crippen molar-refractivity contribution in [1.29, 1.82) is 0 Å². The van der Waals surface area contributed by atoms with Crippen LogP contribution >= 0.6 is 0 Å². The van der Waals surface area contributed by atoms with E-state index in [9.17, 15) is 22.0 Å². The fraction of sp³-hybridized carbons (Fsp3) is 0.520. The van der Waals surface area contributed by atoms with Gasteiger partial charge in [-0.15, -0.1) is 0 Å². The zero-order valence-electron chi connectivity index (χ0n) is 17.5. The standard InChI is InChI=1S/C25H27F5O/c1-15-2-3-17-11-18(5-4-16(17)10-15)19-6-8-21(22(26)12-19)20-7-9-24(23(27)13-20)31-14-25(28,29)30/h6-9,12-13,15-18H,2-5,10-11,14H2,1H3/t15?,16-,17-,18-/m1/s1. The van der Waals surface area contributed by atoms with Crippen LogP contribution < -0.4 is 4.74 Å². The van der Waals surface area contributed by atoms with Gasteiger partial charge in [0.2, 0.25) is 0 Å². The van der Waals surface area contributed by atoms with Gasteiger partial charge in [-0.3, -0.25) is 0 Å². The second-order valence-corrected chi connectivity index (χ2v) is 9.24. The van der Waals surface area contributed by atoms with E-state index in [0.717, 1.165) is 48.3 Å². The summed E-state index contributed by atoms with van der Waals surface area (Å²) in [6, 6.07) is 8.58. The van der Waals surface area contributed by atoms with E-state index < -0.39 is 30.2 Å². The van der Waals surface area contributed by atoms with Crippen molar-refractivity contribution < 1.29 is 26.7 Å². The van der Waals surface area contributed by atoms with E-state index in [1.165, 1.54) is 37.8 Å². The van der Waals surface area contributed by atoms with E-state index in [2.05, 4.69) is 11.7 Å². The minimum Gasteiger partial charge on any atom is -0.481 e. The van der Waals surface area contributed by atoms with Crippen molar-refractivity contribution in [1.82, 2.24) is 0 Å². The van der Waals surface area contributed by atoms with Gasteiger partial charge in [-0.2, -0.15) is 13.2 Å². The van der Waals surface area contributed by atoms with Gasteiger partial charge in [-0.1, -0.05) is 31.5 Å². The van der Waals surface area contributed by atoms with Gasteiger partial charge in [-0.25, -0.2) is 8.78 Å². The van der Waals surface area contributed by atoms with Gasteiger partial charge >= 0.3 is 6.18 Å². The number of alkyl halides is 3. The summed E-state index contributed by atoms with van der Waals surface area (Å²) in [6.07, 6.45) is 2.62. The van der Waals surface area contributed by atoms with Crippen LogP contribution in [-0.4, -0.2) is 12.8 Å². The highest BCUT2D eigenvalue weighted by molar-refractivity contribution is 5.65. The Morgan fingerprint density at radius 1 is 0.871 bits per heavy atom. The summed E-state index contributed by atoms with van der Waals surface area (Å²) in [4.78, 5) is 0. The fourth-order valence-electron chi connectivity index (χ4n) is 5.39. The normalized spacial score (nSPS) is 26.4. The third kappa shape index (κ3) is 5.21. The van der Waals surface area contributed by atoms with Crippen molar-refractivity contribution in [2.45, 2.75) is 57.5 Å². The van der Waals surface area contributed by atoms with Gasteiger partial charge in [0.1, 0.15) is 5.82 Å². The smallest absolute Gasteiger partial charge is 0.422 e. The van der Waals surface area contributed by atoms with E-state index in [-0.39, 0.29) is 11.1 Å². The van der Waals surface area contributed by atoms with Gasteiger partial charge in [-0.05, 0) is 85.1 Å². The van der Waals surface area contributed by atoms with Gasteiger partial charge in [0.05, 0.1) is 0 Å². The first-order chi connectivity index (χ1) is 14.7. The highest BCUT2D eigenvalue weighted by atomic mass is 19.4. The molecule has 2 fully saturated rings. The average molecular weight is 438 g/mol. The van der Waals surface area contributed by atoms with Crippen molar-refractivity contribution in [3.8, 4) is 16.9 Å². The average Bonchev–Trinajstić information content (AvgIpc) is 2.71. The molecule has 0 amide bonds. The molecule has 2 aromatic rings. The molecule has 4 atom stereocenters. The second-order valence-electron chi connectivity index (χ2n) is 9.24. The second kappa shape index (κ2) is 8.79. The summed E-state index contributed by atoms with van der Waals surface area (Å²) in [5, 5.41) is 0. The van der Waals surface area contributed by atoms with Crippen LogP contribution in [0.25, 0.3) is 11.1 Å². The lowest BCUT2D eigenvalue weighted by molar-refractivity contribution is -0.153. The molecule has 0 spiro atoms. The Labute approximate surface area is 179 Å². The molecule has 6 heteroatoms. The van der Waals surface area contributed by atoms with Crippen LogP contribution in [0.15, 0.2) is 36.4 Å². The minimum atomic E-state index is -4.55. The van der Waals surface area contributed by atoms with Gasteiger partial charge in [0, 0.05) is 5.56 Å². The van der Waals surface area contributed by atoms with Gasteiger partial charge in [0.25, 0.3) is 0 Å². The zero-order valence-corrected chi connectivity index (χ0v) is 17.5. The predicted octanol–water partition coefficient (Wildman–Crippen LogP) is 7.89. The number of hydrogen-bond donors (Lipinski definition) is 0. The first-order valence-corrected chi connectivity index (χ1v) is 11.0. The molecule has 1 unspecified atom stereocenters. The van der Waals surface area contributed by atoms with E-state index >= 15 is 0 Å². The summed E-state index contributed by atoms with van der Waals surface area (Å²) in [5.41, 5.74) is 1.47. The Kier molecular flexibility index (Phi) is 6.27. The first kappa shape index (κ1) is 22.1. The topological polar surface area (TPSA) is 9.23 Å². The third-order valence-electron chi connectivity index (χ3n) is 6.97. The molecular formula is C25H27F5O. The van der Waals surface area contributed by atoms with E-state index in [4.69, 9.17) is 0 Å². The first-order valence-electron chi connectivity index (χ1n) is 11.0. The maximum atomic E-state index is 14.9. The SMILES string of the molecule is CC1CC[C@@H]2C[C@H](c3ccc(-c4ccc(OCC(F)(F)F)c(F)c4)c(F)c3)CC[C@@H]2C1. The molecule has 0 bridgehead atoms. The number of fused-ring (bicyclic) bond motifs is 1. The molecular weight excluding hydrogens is 411 g/mol. The lowest BCUT2D eigenvalue weighted by Gasteiger charge is -2.41. The largest absolute Gasteiger partial charge is 0.481 e. The number of ether oxygens (including phenoxy) is 1. The zero-order chi connectivity index (χ0) is 22.2. The Balaban J connectivity index is 1.47. The van der Waals surface area contributed by atoms with Crippen molar-refractivity contribution in [3.05, 3.63) is 53.6 Å². The molecule has 0 heterocycles. The molecule has 0 N–H and O–H groups in total. The molecule has 168 valence electrons. The molecule has 0 aliphatic heterocycles. The van der Waals surface area contributed by atoms with E-state index in [1.807, 2.05) is 6.07 Å². The Hall–Kier alpha value is -2.11. The monoisotopic (exact) mass is 438 g/mol. The highest BCUT2D eigenvalue weighted by Gasteiger charge is 2.35. The van der Waals surface area contributed by atoms with Crippen LogP contribution in [0.5, 0.6) is 5.75 Å². The van der Waals surface area contributed by atoms with Crippen LogP contribution in [0.4, 0.5) is 22.0 Å². The molecule has 1 nitrogen and oxygen atoms in total. The third-order valence-corrected chi connectivity index (χ3v) is 6.97. The van der Waals surface area contributed by atoms with Gasteiger partial charge in [0.15, 0.2) is 18.2 Å². The molecule has 31 heavy (non-hydrogen) atoms. The number of benzene rings is 2. The Bertz CT molecular complexity index is 923. The highest BCUT2D eigenvalue weighted by Crippen LogP contribution is 2.47. The Morgan fingerprint density at radius 3 is 2.32 bits per heavy atom. The minimum absolute atomic E-state index is 0.227. The van der Waals surface area contributed by atoms with Crippen molar-refractivity contribution in [2.24, 2.45) is 17.8 Å². The number of halogens is 5. The van der Waals surface area contributed by atoms with Crippen LogP contribution in [0, 0.1) is 29.4 Å². The van der Waals surface area contributed by atoms with Crippen LogP contribution in [0.3, 0.4) is 0 Å². The van der Waals surface area contributed by atoms with Crippen molar-refractivity contribution in [2.75, 3.05) is 6.61 Å². The maximum Gasteiger partial charge on any atom is 0.422 e. The quantitative estimate of drug-likeness (QED) is 0.441. The summed E-state index contributed by atoms with van der Waals surface area (Å²) < 4.78 is 70.4. The molecule has 0 radical (unpaired) electrons. The van der Waals surface area contributed by atoms with Crippen molar-refractivity contribution in [3.63, 3.8) is 0 Å². The maximum absolute atomic E-state index is 14.9. The summed E-state index contributed by atoms with van der Waals surface area (Å²) in [7, 11) is 0. The number of rotatable bonds is 4. The molecule has 0 saturated heterocycles. The van der Waals surface area contributed by atoms with Gasteiger partial charge < -0.3 is 4.74 Å². The summed E-state index contributed by atoms with van der Waals surface area (Å²) >= 11 is 0. The summed E-state index contributed by atoms with van der Waals surface area (Å²) in [5.74, 6) is 0.765. The predicted molar refractivity (Wildman–Crippen MR) is 110 cm³/mol. The Morgan fingerprint density at radius 2 is 1.61 bits per heavy atom. The molecule has 2 aliphatic rings. The molecule has 4 rings (SSSR count). The van der Waals surface area contributed by atoms with E-state index in [0.29, 0.717) is 5.92 Å². The summed E-state index contributed by atoms with van der Waals surface area (Å²) in [6.45, 7) is 0.753. The lowest BCUT2D eigenvalue weighted by atomic mass is 9.64. The molecule has 2 saturated carbocycles. The molecule has 2 aromatic carbocycles. The molecule has 0 aromatic heterocycles. The molecule has 2 aliphatic carbocycles. The lowest BCUT2D eigenvalue weighted by Crippen LogP contribution is -2.29. The van der Waals surface area contributed by atoms with Crippen molar-refractivity contribution >= 4 is 0 Å². The fourth-order valence-corrected chi connectivity index (χ4v) is 5.39. The van der Waals surface area contributed by atoms with Crippen LogP contribution in [-0.2, 0) is 0 Å². The van der Waals surface area contributed by atoms with Crippen LogP contribution in [0.1, 0.15) is 56.9 Å².